The highest BCUT2D eigenvalue weighted by atomic mass is 35.5. The lowest BCUT2D eigenvalue weighted by Crippen LogP contribution is -2.37. The lowest BCUT2D eigenvalue weighted by atomic mass is 10.1. The van der Waals surface area contributed by atoms with Crippen LogP contribution in [0, 0.1) is 0 Å². The van der Waals surface area contributed by atoms with Gasteiger partial charge in [-0.3, -0.25) is 9.59 Å². The molecule has 0 saturated heterocycles. The Morgan fingerprint density at radius 1 is 1.35 bits per heavy atom. The topological polar surface area (TPSA) is 83.4 Å². The molecule has 1 aliphatic heterocycles. The molecule has 1 atom stereocenters. The molecular formula is C16H16ClN3O3. The molecule has 1 aromatic heterocycles. The third-order valence-electron chi connectivity index (χ3n) is 3.69. The van der Waals surface area contributed by atoms with E-state index in [1.165, 1.54) is 7.05 Å². The fourth-order valence-corrected chi connectivity index (χ4v) is 2.70. The number of amides is 2. The Morgan fingerprint density at radius 2 is 2.17 bits per heavy atom. The van der Waals surface area contributed by atoms with E-state index in [0.29, 0.717) is 17.2 Å². The zero-order valence-electron chi connectivity index (χ0n) is 12.5. The number of hydrogen-bond acceptors (Lipinski definition) is 4. The molecule has 120 valence electrons. The van der Waals surface area contributed by atoms with E-state index in [1.54, 1.807) is 18.2 Å². The van der Waals surface area contributed by atoms with Crippen LogP contribution >= 0.6 is 11.6 Å². The number of anilines is 1. The summed E-state index contributed by atoms with van der Waals surface area (Å²) in [6, 6.07) is 8.42. The van der Waals surface area contributed by atoms with Gasteiger partial charge in [0.15, 0.2) is 5.76 Å². The van der Waals surface area contributed by atoms with Crippen molar-refractivity contribution in [3.8, 4) is 0 Å². The molecule has 2 heterocycles. The standard InChI is InChI=1S/C16H16ClN3O3/c1-18-16(22)14-5-3-11(23-14)8-19-15(21)13-7-9-6-10(17)2-4-12(9)20-13/h2-6,13,20H,7-8H2,1H3,(H,18,22)(H,19,21)/t13-/m0/s1. The minimum absolute atomic E-state index is 0.129. The van der Waals surface area contributed by atoms with Crippen molar-refractivity contribution < 1.29 is 14.0 Å². The quantitative estimate of drug-likeness (QED) is 0.798. The van der Waals surface area contributed by atoms with Crippen molar-refractivity contribution in [2.45, 2.75) is 19.0 Å². The minimum atomic E-state index is -0.336. The van der Waals surface area contributed by atoms with Crippen molar-refractivity contribution in [3.05, 3.63) is 52.4 Å². The Hall–Kier alpha value is -2.47. The molecule has 7 heteroatoms. The van der Waals surface area contributed by atoms with E-state index >= 15 is 0 Å². The Labute approximate surface area is 138 Å². The van der Waals surface area contributed by atoms with Crippen LogP contribution < -0.4 is 16.0 Å². The van der Waals surface area contributed by atoms with Crippen molar-refractivity contribution >= 4 is 29.1 Å². The first kappa shape index (κ1) is 15.4. The van der Waals surface area contributed by atoms with Gasteiger partial charge in [0.25, 0.3) is 5.91 Å². The number of rotatable bonds is 4. The first-order valence-electron chi connectivity index (χ1n) is 7.20. The van der Waals surface area contributed by atoms with E-state index in [0.717, 1.165) is 11.3 Å². The zero-order chi connectivity index (χ0) is 16.4. The minimum Gasteiger partial charge on any atom is -0.454 e. The summed E-state index contributed by atoms with van der Waals surface area (Å²) in [5, 5.41) is 9.10. The average Bonchev–Trinajstić information content (AvgIpc) is 3.18. The second-order valence-corrected chi connectivity index (χ2v) is 5.70. The van der Waals surface area contributed by atoms with Gasteiger partial charge in [0.1, 0.15) is 11.8 Å². The largest absolute Gasteiger partial charge is 0.454 e. The summed E-state index contributed by atoms with van der Waals surface area (Å²) in [6.45, 7) is 0.227. The van der Waals surface area contributed by atoms with Crippen LogP contribution in [-0.4, -0.2) is 24.9 Å². The third kappa shape index (κ3) is 3.32. The molecule has 1 aliphatic rings. The van der Waals surface area contributed by atoms with E-state index in [4.69, 9.17) is 16.0 Å². The number of carbonyl (C=O) groups excluding carboxylic acids is 2. The van der Waals surface area contributed by atoms with Crippen LogP contribution in [0.15, 0.2) is 34.7 Å². The van der Waals surface area contributed by atoms with Gasteiger partial charge in [0.05, 0.1) is 6.54 Å². The van der Waals surface area contributed by atoms with Gasteiger partial charge in [-0.25, -0.2) is 0 Å². The normalized spacial score (nSPS) is 15.7. The van der Waals surface area contributed by atoms with Crippen LogP contribution in [0.2, 0.25) is 5.02 Å². The zero-order valence-corrected chi connectivity index (χ0v) is 13.2. The molecule has 3 rings (SSSR count). The predicted octanol–water partition coefficient (Wildman–Crippen LogP) is 1.95. The number of furan rings is 1. The lowest BCUT2D eigenvalue weighted by Gasteiger charge is -2.11. The van der Waals surface area contributed by atoms with Crippen LogP contribution in [-0.2, 0) is 17.8 Å². The van der Waals surface area contributed by atoms with Gasteiger partial charge < -0.3 is 20.4 Å². The van der Waals surface area contributed by atoms with Gasteiger partial charge in [-0.1, -0.05) is 11.6 Å². The maximum Gasteiger partial charge on any atom is 0.286 e. The maximum atomic E-state index is 12.2. The van der Waals surface area contributed by atoms with E-state index < -0.39 is 0 Å². The highest BCUT2D eigenvalue weighted by Crippen LogP contribution is 2.28. The first-order valence-corrected chi connectivity index (χ1v) is 7.58. The molecule has 0 fully saturated rings. The van der Waals surface area contributed by atoms with Gasteiger partial charge >= 0.3 is 0 Å². The molecule has 0 bridgehead atoms. The molecule has 0 aliphatic carbocycles. The number of nitrogens with one attached hydrogen (secondary N) is 3. The van der Waals surface area contributed by atoms with E-state index in [9.17, 15) is 9.59 Å². The van der Waals surface area contributed by atoms with Crippen LogP contribution in [0.25, 0.3) is 0 Å². The highest BCUT2D eigenvalue weighted by Gasteiger charge is 2.26. The monoisotopic (exact) mass is 333 g/mol. The van der Waals surface area contributed by atoms with Crippen LogP contribution in [0.1, 0.15) is 21.9 Å². The summed E-state index contributed by atoms with van der Waals surface area (Å²) in [4.78, 5) is 23.7. The summed E-state index contributed by atoms with van der Waals surface area (Å²) in [5.74, 6) is 0.316. The molecule has 23 heavy (non-hydrogen) atoms. The van der Waals surface area contributed by atoms with Crippen LogP contribution in [0.3, 0.4) is 0 Å². The number of halogens is 1. The number of fused-ring (bicyclic) bond motifs is 1. The fourth-order valence-electron chi connectivity index (χ4n) is 2.50. The number of carbonyl (C=O) groups is 2. The molecule has 0 radical (unpaired) electrons. The lowest BCUT2D eigenvalue weighted by molar-refractivity contribution is -0.121. The van der Waals surface area contributed by atoms with E-state index in [1.807, 2.05) is 12.1 Å². The molecular weight excluding hydrogens is 318 g/mol. The van der Waals surface area contributed by atoms with Gasteiger partial charge in [-0.15, -0.1) is 0 Å². The molecule has 1 aromatic carbocycles. The van der Waals surface area contributed by atoms with Gasteiger partial charge in [0.2, 0.25) is 5.91 Å². The highest BCUT2D eigenvalue weighted by molar-refractivity contribution is 6.30. The van der Waals surface area contributed by atoms with Crippen molar-refractivity contribution in [1.29, 1.82) is 0 Å². The van der Waals surface area contributed by atoms with Crippen molar-refractivity contribution in [3.63, 3.8) is 0 Å². The second kappa shape index (κ2) is 6.34. The smallest absolute Gasteiger partial charge is 0.286 e. The Morgan fingerprint density at radius 3 is 2.96 bits per heavy atom. The third-order valence-corrected chi connectivity index (χ3v) is 3.92. The summed E-state index contributed by atoms with van der Waals surface area (Å²) < 4.78 is 5.36. The summed E-state index contributed by atoms with van der Waals surface area (Å²) in [6.07, 6.45) is 0.587. The molecule has 0 unspecified atom stereocenters. The Bertz CT molecular complexity index is 757. The van der Waals surface area contributed by atoms with Gasteiger partial charge in [-0.2, -0.15) is 0 Å². The van der Waals surface area contributed by atoms with Gasteiger partial charge in [0, 0.05) is 24.2 Å². The molecule has 0 spiro atoms. The van der Waals surface area contributed by atoms with Crippen molar-refractivity contribution in [1.82, 2.24) is 10.6 Å². The van der Waals surface area contributed by atoms with Crippen molar-refractivity contribution in [2.75, 3.05) is 12.4 Å². The predicted molar refractivity (Wildman–Crippen MR) is 86.5 cm³/mol. The SMILES string of the molecule is CNC(=O)c1ccc(CNC(=O)[C@@H]2Cc3cc(Cl)ccc3N2)o1. The van der Waals surface area contributed by atoms with Crippen LogP contribution in [0.4, 0.5) is 5.69 Å². The van der Waals surface area contributed by atoms with E-state index in [-0.39, 0.29) is 30.2 Å². The van der Waals surface area contributed by atoms with Gasteiger partial charge in [-0.05, 0) is 35.9 Å². The molecule has 6 nitrogen and oxygen atoms in total. The summed E-state index contributed by atoms with van der Waals surface area (Å²) in [5.41, 5.74) is 1.95. The Kier molecular flexibility index (Phi) is 4.25. The number of benzene rings is 1. The fraction of sp³-hybridized carbons (Fsp3) is 0.250. The molecule has 2 aromatic rings. The molecule has 2 amide bonds. The van der Waals surface area contributed by atoms with Crippen molar-refractivity contribution in [2.24, 2.45) is 0 Å². The Balaban J connectivity index is 1.56. The first-order chi connectivity index (χ1) is 11.1. The van der Waals surface area contributed by atoms with Crippen LogP contribution in [0.5, 0.6) is 0 Å². The summed E-state index contributed by atoms with van der Waals surface area (Å²) >= 11 is 5.96. The molecule has 0 saturated carbocycles. The molecule has 3 N–H and O–H groups in total. The second-order valence-electron chi connectivity index (χ2n) is 5.27. The summed E-state index contributed by atoms with van der Waals surface area (Å²) in [7, 11) is 1.53. The number of hydrogen-bond donors (Lipinski definition) is 3. The average molecular weight is 334 g/mol. The van der Waals surface area contributed by atoms with E-state index in [2.05, 4.69) is 16.0 Å². The maximum absolute atomic E-state index is 12.2.